The maximum Gasteiger partial charge on any atom is 0.319 e. The molecule has 3 amide bonds. The molecule has 0 unspecified atom stereocenters. The second-order valence-electron chi connectivity index (χ2n) is 8.39. The summed E-state index contributed by atoms with van der Waals surface area (Å²) >= 11 is 13.1. The smallest absolute Gasteiger partial charge is 0.319 e. The maximum absolute atomic E-state index is 12.9. The zero-order valence-corrected chi connectivity index (χ0v) is 23.8. The van der Waals surface area contributed by atoms with Crippen LogP contribution in [0.1, 0.15) is 11.3 Å². The number of halogens is 3. The minimum absolute atomic E-state index is 0. The Morgan fingerprint density at radius 1 is 0.974 bits per heavy atom. The lowest BCUT2D eigenvalue weighted by atomic mass is 10.1. The van der Waals surface area contributed by atoms with Gasteiger partial charge in [-0.05, 0) is 43.3 Å². The van der Waals surface area contributed by atoms with Gasteiger partial charge in [0.25, 0.3) is 0 Å². The van der Waals surface area contributed by atoms with Gasteiger partial charge in [-0.2, -0.15) is 0 Å². The number of likely N-dealkylation sites (N-methyl/N-ethyl adjacent to an activating group) is 1. The van der Waals surface area contributed by atoms with E-state index in [4.69, 9.17) is 32.7 Å². The summed E-state index contributed by atoms with van der Waals surface area (Å²) in [4.78, 5) is 31.1. The monoisotopic (exact) mass is 588 g/mol. The minimum atomic E-state index is -0.550. The van der Waals surface area contributed by atoms with Crippen molar-refractivity contribution in [3.8, 4) is 11.5 Å². The lowest BCUT2D eigenvalue weighted by Crippen LogP contribution is -2.40. The van der Waals surface area contributed by atoms with Crippen LogP contribution in [0.15, 0.2) is 66.7 Å². The van der Waals surface area contributed by atoms with E-state index in [1.807, 2.05) is 37.3 Å². The third-order valence-electron chi connectivity index (χ3n) is 5.85. The van der Waals surface area contributed by atoms with Gasteiger partial charge in [-0.1, -0.05) is 53.5 Å². The molecule has 0 saturated carbocycles. The second kappa shape index (κ2) is 13.4. The number of carbonyl (C=O) groups excluding carboxylic acids is 2. The van der Waals surface area contributed by atoms with Crippen LogP contribution in [-0.2, 0) is 11.4 Å². The summed E-state index contributed by atoms with van der Waals surface area (Å²) in [5.41, 5.74) is 3.04. The number of anilines is 2. The Morgan fingerprint density at radius 3 is 2.49 bits per heavy atom. The number of hydrogen-bond acceptors (Lipinski definition) is 5. The van der Waals surface area contributed by atoms with E-state index in [1.165, 1.54) is 12.0 Å². The molecule has 0 bridgehead atoms. The van der Waals surface area contributed by atoms with Gasteiger partial charge < -0.3 is 25.0 Å². The first-order chi connectivity index (χ1) is 18.3. The number of aryl methyl sites for hydroxylation is 1. The fraction of sp³-hybridized carbons (Fsp3) is 0.179. The normalized spacial score (nSPS) is 10.4. The topological polar surface area (TPSA) is 92.8 Å². The van der Waals surface area contributed by atoms with Crippen LogP contribution in [0.3, 0.4) is 0 Å². The van der Waals surface area contributed by atoms with Crippen LogP contribution in [0, 0.1) is 6.92 Å². The van der Waals surface area contributed by atoms with Crippen molar-refractivity contribution >= 4 is 69.8 Å². The molecule has 0 saturated heterocycles. The molecule has 0 spiro atoms. The first-order valence-corrected chi connectivity index (χ1v) is 12.4. The molecule has 0 radical (unpaired) electrons. The molecule has 4 aromatic rings. The van der Waals surface area contributed by atoms with E-state index >= 15 is 0 Å². The second-order valence-corrected chi connectivity index (χ2v) is 9.17. The summed E-state index contributed by atoms with van der Waals surface area (Å²) in [6, 6.07) is 19.3. The van der Waals surface area contributed by atoms with Crippen molar-refractivity contribution in [3.63, 3.8) is 0 Å². The zero-order chi connectivity index (χ0) is 27.2. The molecule has 0 aliphatic heterocycles. The molecule has 1 heterocycles. The average molecular weight is 590 g/mol. The Morgan fingerprint density at radius 2 is 1.72 bits per heavy atom. The van der Waals surface area contributed by atoms with Crippen LogP contribution >= 0.6 is 35.6 Å². The van der Waals surface area contributed by atoms with Crippen LogP contribution in [0.5, 0.6) is 11.5 Å². The van der Waals surface area contributed by atoms with Gasteiger partial charge in [-0.3, -0.25) is 4.79 Å². The number of pyridine rings is 1. The molecule has 3 aromatic carbocycles. The Kier molecular flexibility index (Phi) is 10.2. The lowest BCUT2D eigenvalue weighted by Gasteiger charge is -2.21. The molecular weight excluding hydrogens is 563 g/mol. The molecule has 0 atom stereocenters. The molecule has 11 heteroatoms. The van der Waals surface area contributed by atoms with Crippen molar-refractivity contribution in [2.75, 3.05) is 30.9 Å². The number of hydrogen-bond donors (Lipinski definition) is 2. The molecule has 2 N–H and O–H groups in total. The summed E-state index contributed by atoms with van der Waals surface area (Å²) in [5.74, 6) is 0.714. The van der Waals surface area contributed by atoms with E-state index in [2.05, 4.69) is 15.6 Å². The summed E-state index contributed by atoms with van der Waals surface area (Å²) in [6.07, 6.45) is 0. The SMILES string of the molecule is COc1ccccc1NC(=O)NCC(=O)N(C)c1ccc(Cl)c(COc2cccc3ccc(C)nc23)c1Cl.Cl. The van der Waals surface area contributed by atoms with Crippen LogP contribution in [-0.4, -0.2) is 37.6 Å². The largest absolute Gasteiger partial charge is 0.495 e. The third-order valence-corrected chi connectivity index (χ3v) is 6.63. The summed E-state index contributed by atoms with van der Waals surface area (Å²) in [7, 11) is 3.07. The van der Waals surface area contributed by atoms with Crippen molar-refractivity contribution in [2.45, 2.75) is 13.5 Å². The Hall–Kier alpha value is -3.72. The van der Waals surface area contributed by atoms with Crippen LogP contribution in [0.4, 0.5) is 16.2 Å². The number of aromatic nitrogens is 1. The van der Waals surface area contributed by atoms with Gasteiger partial charge in [0.1, 0.15) is 23.6 Å². The third kappa shape index (κ3) is 7.03. The Bertz CT molecular complexity index is 1500. The number of urea groups is 1. The number of ether oxygens (including phenoxy) is 2. The number of para-hydroxylation sites is 3. The average Bonchev–Trinajstić information content (AvgIpc) is 2.91. The molecule has 0 fully saturated rings. The summed E-state index contributed by atoms with van der Waals surface area (Å²) < 4.78 is 11.3. The molecule has 0 aliphatic rings. The van der Waals surface area contributed by atoms with Gasteiger partial charge >= 0.3 is 6.03 Å². The van der Waals surface area contributed by atoms with Crippen molar-refractivity contribution in [3.05, 3.63) is 88.0 Å². The summed E-state index contributed by atoms with van der Waals surface area (Å²) in [6.45, 7) is 1.72. The Labute approximate surface area is 242 Å². The number of amides is 3. The van der Waals surface area contributed by atoms with E-state index < -0.39 is 6.03 Å². The highest BCUT2D eigenvalue weighted by Gasteiger charge is 2.20. The standard InChI is InChI=1S/C28H26Cl2N4O4.ClH/c1-17-11-12-18-7-6-10-24(27(18)32-17)38-16-19-20(29)13-14-22(26(19)30)34(2)25(35)15-31-28(36)33-21-8-4-5-9-23(21)37-3;/h4-14H,15-16H2,1-3H3,(H2,31,33,36);1H. The number of benzene rings is 3. The highest BCUT2D eigenvalue weighted by Crippen LogP contribution is 2.35. The number of fused-ring (bicyclic) bond motifs is 1. The highest BCUT2D eigenvalue weighted by atomic mass is 35.5. The molecule has 0 aliphatic carbocycles. The van der Waals surface area contributed by atoms with E-state index in [9.17, 15) is 9.59 Å². The molecular formula is C28H27Cl3N4O4. The van der Waals surface area contributed by atoms with Gasteiger partial charge in [0.2, 0.25) is 5.91 Å². The van der Waals surface area contributed by atoms with Gasteiger partial charge in [-0.15, -0.1) is 12.4 Å². The van der Waals surface area contributed by atoms with Crippen molar-refractivity contribution < 1.29 is 19.1 Å². The number of rotatable bonds is 8. The molecule has 204 valence electrons. The number of carbonyl (C=O) groups is 2. The molecule has 1 aromatic heterocycles. The zero-order valence-electron chi connectivity index (χ0n) is 21.5. The van der Waals surface area contributed by atoms with E-state index in [-0.39, 0.29) is 36.5 Å². The van der Waals surface area contributed by atoms with E-state index in [0.29, 0.717) is 33.5 Å². The van der Waals surface area contributed by atoms with Crippen molar-refractivity contribution in [2.24, 2.45) is 0 Å². The minimum Gasteiger partial charge on any atom is -0.495 e. The van der Waals surface area contributed by atoms with Crippen LogP contribution < -0.4 is 25.0 Å². The number of nitrogens with one attached hydrogen (secondary N) is 2. The highest BCUT2D eigenvalue weighted by molar-refractivity contribution is 6.38. The van der Waals surface area contributed by atoms with Gasteiger partial charge in [0.15, 0.2) is 0 Å². The predicted octanol–water partition coefficient (Wildman–Crippen LogP) is 6.64. The number of nitrogens with zero attached hydrogens (tertiary/aromatic N) is 2. The lowest BCUT2D eigenvalue weighted by molar-refractivity contribution is -0.117. The van der Waals surface area contributed by atoms with Gasteiger partial charge in [0.05, 0.1) is 30.1 Å². The molecule has 39 heavy (non-hydrogen) atoms. The van der Waals surface area contributed by atoms with E-state index in [0.717, 1.165) is 16.6 Å². The maximum atomic E-state index is 12.9. The van der Waals surface area contributed by atoms with Crippen molar-refractivity contribution in [1.82, 2.24) is 10.3 Å². The van der Waals surface area contributed by atoms with Crippen molar-refractivity contribution in [1.29, 1.82) is 0 Å². The fourth-order valence-electron chi connectivity index (χ4n) is 3.78. The first-order valence-electron chi connectivity index (χ1n) is 11.7. The van der Waals surface area contributed by atoms with Gasteiger partial charge in [0, 0.05) is 28.7 Å². The van der Waals surface area contributed by atoms with E-state index in [1.54, 1.807) is 43.4 Å². The molecule has 8 nitrogen and oxygen atoms in total. The van der Waals surface area contributed by atoms with Crippen LogP contribution in [0.25, 0.3) is 10.9 Å². The number of methoxy groups -OCH3 is 1. The quantitative estimate of drug-likeness (QED) is 0.240. The predicted molar refractivity (Wildman–Crippen MR) is 158 cm³/mol. The fourth-order valence-corrected chi connectivity index (χ4v) is 4.39. The van der Waals surface area contributed by atoms with Crippen LogP contribution in [0.2, 0.25) is 10.0 Å². The first kappa shape index (κ1) is 29.8. The molecule has 4 rings (SSSR count). The Balaban J connectivity index is 0.00000420. The summed E-state index contributed by atoms with van der Waals surface area (Å²) in [5, 5.41) is 6.84. The van der Waals surface area contributed by atoms with Gasteiger partial charge in [-0.25, -0.2) is 9.78 Å².